The van der Waals surface area contributed by atoms with Crippen LogP contribution in [0.3, 0.4) is 0 Å². The molecular weight excluding hydrogens is 461 g/mol. The highest BCUT2D eigenvalue weighted by Gasteiger charge is 2.14. The molecule has 0 radical (unpaired) electrons. The van der Waals surface area contributed by atoms with E-state index in [9.17, 15) is 0 Å². The number of hydrogen-bond donors (Lipinski definition) is 2. The summed E-state index contributed by atoms with van der Waals surface area (Å²) in [6.45, 7) is 6.09. The van der Waals surface area contributed by atoms with Crippen LogP contribution in [0.2, 0.25) is 0 Å². The van der Waals surface area contributed by atoms with Gasteiger partial charge in [-0.2, -0.15) is 0 Å². The molecule has 26 heavy (non-hydrogen) atoms. The summed E-state index contributed by atoms with van der Waals surface area (Å²) in [5.41, 5.74) is 2.58. The third-order valence-electron chi connectivity index (χ3n) is 4.20. The van der Waals surface area contributed by atoms with Crippen LogP contribution >= 0.6 is 35.7 Å². The van der Waals surface area contributed by atoms with Crippen molar-refractivity contribution in [1.29, 1.82) is 0 Å². The fraction of sp³-hybridized carbons (Fsp3) is 0.632. The van der Waals surface area contributed by atoms with Crippen molar-refractivity contribution in [2.24, 2.45) is 4.99 Å². The molecule has 7 heteroatoms. The van der Waals surface area contributed by atoms with E-state index in [1.54, 1.807) is 18.8 Å². The van der Waals surface area contributed by atoms with Crippen LogP contribution in [0.4, 0.5) is 0 Å². The van der Waals surface area contributed by atoms with Crippen LogP contribution in [-0.2, 0) is 16.0 Å². The average Bonchev–Trinajstić information content (AvgIpc) is 3.14. The lowest BCUT2D eigenvalue weighted by atomic mass is 10.1. The van der Waals surface area contributed by atoms with Gasteiger partial charge in [-0.1, -0.05) is 12.1 Å². The zero-order valence-electron chi connectivity index (χ0n) is 16.0. The molecule has 1 aliphatic heterocycles. The second kappa shape index (κ2) is 13.6. The van der Waals surface area contributed by atoms with Crippen LogP contribution < -0.4 is 10.6 Å². The van der Waals surface area contributed by atoms with E-state index >= 15 is 0 Å². The molecule has 0 amide bonds. The third kappa shape index (κ3) is 8.45. The van der Waals surface area contributed by atoms with E-state index in [2.05, 4.69) is 47.0 Å². The smallest absolute Gasteiger partial charge is 0.191 e. The van der Waals surface area contributed by atoms with Crippen LogP contribution in [0.25, 0.3) is 0 Å². The number of nitrogens with one attached hydrogen (secondary N) is 2. The molecule has 1 atom stereocenters. The minimum atomic E-state index is 0. The van der Waals surface area contributed by atoms with E-state index in [4.69, 9.17) is 9.47 Å². The summed E-state index contributed by atoms with van der Waals surface area (Å²) in [6, 6.07) is 6.56. The zero-order valence-corrected chi connectivity index (χ0v) is 19.2. The standard InChI is InChI=1S/C19H31N3O2S.HI/c1-15-7-8-16(18(12-15)25-3)13-22-19(20-2)21-9-5-10-23-14-17-6-4-11-24-17;/h7-8,12,17H,4-6,9-11,13-14H2,1-3H3,(H2,20,21,22);1H. The van der Waals surface area contributed by atoms with Crippen molar-refractivity contribution in [2.75, 3.05) is 39.7 Å². The Bertz CT molecular complexity index is 552. The average molecular weight is 493 g/mol. The van der Waals surface area contributed by atoms with E-state index in [1.807, 2.05) is 0 Å². The molecule has 1 fully saturated rings. The summed E-state index contributed by atoms with van der Waals surface area (Å²) in [5, 5.41) is 6.72. The summed E-state index contributed by atoms with van der Waals surface area (Å²) in [6.07, 6.45) is 5.67. The minimum absolute atomic E-state index is 0. The van der Waals surface area contributed by atoms with Crippen LogP contribution in [-0.4, -0.2) is 51.7 Å². The van der Waals surface area contributed by atoms with Crippen molar-refractivity contribution in [3.63, 3.8) is 0 Å². The SMILES string of the molecule is CN=C(NCCCOCC1CCCO1)NCc1ccc(C)cc1SC.I. The van der Waals surface area contributed by atoms with Gasteiger partial charge in [0.1, 0.15) is 0 Å². The first kappa shape index (κ1) is 23.5. The molecular formula is C19H32IN3O2S. The van der Waals surface area contributed by atoms with Crippen LogP contribution in [0.5, 0.6) is 0 Å². The maximum atomic E-state index is 5.68. The Balaban J connectivity index is 0.00000338. The first-order chi connectivity index (χ1) is 12.2. The number of benzene rings is 1. The minimum Gasteiger partial charge on any atom is -0.379 e. The molecule has 1 unspecified atom stereocenters. The number of hydrogen-bond acceptors (Lipinski definition) is 4. The fourth-order valence-electron chi connectivity index (χ4n) is 2.77. The fourth-order valence-corrected chi connectivity index (χ4v) is 3.48. The summed E-state index contributed by atoms with van der Waals surface area (Å²) in [4.78, 5) is 5.59. The van der Waals surface area contributed by atoms with Gasteiger partial charge in [-0.3, -0.25) is 4.99 Å². The Kier molecular flexibility index (Phi) is 12.3. The molecule has 1 saturated heterocycles. The number of guanidine groups is 1. The lowest BCUT2D eigenvalue weighted by Gasteiger charge is -2.14. The highest BCUT2D eigenvalue weighted by atomic mass is 127. The van der Waals surface area contributed by atoms with Crippen molar-refractivity contribution in [2.45, 2.75) is 43.7 Å². The van der Waals surface area contributed by atoms with Crippen LogP contribution in [0, 0.1) is 6.92 Å². The molecule has 0 bridgehead atoms. The molecule has 1 aliphatic rings. The van der Waals surface area contributed by atoms with Crippen LogP contribution in [0.15, 0.2) is 28.1 Å². The number of rotatable bonds is 9. The number of ether oxygens (including phenoxy) is 2. The summed E-state index contributed by atoms with van der Waals surface area (Å²) >= 11 is 1.78. The number of thioether (sulfide) groups is 1. The van der Waals surface area contributed by atoms with Crippen molar-refractivity contribution in [1.82, 2.24) is 10.6 Å². The van der Waals surface area contributed by atoms with Crippen molar-refractivity contribution in [3.8, 4) is 0 Å². The molecule has 0 aliphatic carbocycles. The van der Waals surface area contributed by atoms with Gasteiger partial charge in [-0.15, -0.1) is 35.7 Å². The van der Waals surface area contributed by atoms with E-state index in [0.717, 1.165) is 58.1 Å². The second-order valence-electron chi connectivity index (χ2n) is 6.23. The molecule has 1 aromatic rings. The molecule has 0 spiro atoms. The Hall–Kier alpha value is -0.510. The number of halogens is 1. The largest absolute Gasteiger partial charge is 0.379 e. The normalized spacial score (nSPS) is 17.0. The van der Waals surface area contributed by atoms with Gasteiger partial charge in [0.2, 0.25) is 0 Å². The Labute approximate surface area is 179 Å². The molecule has 148 valence electrons. The van der Waals surface area contributed by atoms with E-state index in [0.29, 0.717) is 6.10 Å². The van der Waals surface area contributed by atoms with E-state index < -0.39 is 0 Å². The van der Waals surface area contributed by atoms with Gasteiger partial charge >= 0.3 is 0 Å². The molecule has 1 heterocycles. The van der Waals surface area contributed by atoms with Crippen LogP contribution in [0.1, 0.15) is 30.4 Å². The molecule has 5 nitrogen and oxygen atoms in total. The van der Waals surface area contributed by atoms with Gasteiger partial charge in [0, 0.05) is 38.2 Å². The van der Waals surface area contributed by atoms with Gasteiger partial charge < -0.3 is 20.1 Å². The predicted octanol–water partition coefficient (Wildman–Crippen LogP) is 3.59. The quantitative estimate of drug-likeness (QED) is 0.181. The predicted molar refractivity (Wildman–Crippen MR) is 121 cm³/mol. The molecule has 0 saturated carbocycles. The molecule has 1 aromatic carbocycles. The van der Waals surface area contributed by atoms with Gasteiger partial charge in [0.25, 0.3) is 0 Å². The number of aryl methyl sites for hydroxylation is 1. The lowest BCUT2D eigenvalue weighted by molar-refractivity contribution is 0.0168. The Morgan fingerprint density at radius 3 is 2.92 bits per heavy atom. The molecule has 2 rings (SSSR count). The summed E-state index contributed by atoms with van der Waals surface area (Å²) in [5.74, 6) is 0.826. The second-order valence-corrected chi connectivity index (χ2v) is 7.08. The van der Waals surface area contributed by atoms with Crippen molar-refractivity contribution in [3.05, 3.63) is 29.3 Å². The van der Waals surface area contributed by atoms with Gasteiger partial charge in [-0.25, -0.2) is 0 Å². The van der Waals surface area contributed by atoms with Gasteiger partial charge in [-0.05, 0) is 49.6 Å². The topological polar surface area (TPSA) is 54.9 Å². The lowest BCUT2D eigenvalue weighted by Crippen LogP contribution is -2.37. The van der Waals surface area contributed by atoms with E-state index in [-0.39, 0.29) is 24.0 Å². The van der Waals surface area contributed by atoms with Gasteiger partial charge in [0.05, 0.1) is 12.7 Å². The molecule has 0 aromatic heterocycles. The Morgan fingerprint density at radius 2 is 2.23 bits per heavy atom. The Morgan fingerprint density at radius 1 is 1.38 bits per heavy atom. The van der Waals surface area contributed by atoms with Gasteiger partial charge in [0.15, 0.2) is 5.96 Å². The highest BCUT2D eigenvalue weighted by Crippen LogP contribution is 2.21. The van der Waals surface area contributed by atoms with Crippen molar-refractivity contribution < 1.29 is 9.47 Å². The third-order valence-corrected chi connectivity index (χ3v) is 5.02. The molecule has 2 N–H and O–H groups in total. The first-order valence-corrected chi connectivity index (χ1v) is 10.2. The van der Waals surface area contributed by atoms with Crippen molar-refractivity contribution >= 4 is 41.7 Å². The highest BCUT2D eigenvalue weighted by molar-refractivity contribution is 14.0. The maximum Gasteiger partial charge on any atom is 0.191 e. The first-order valence-electron chi connectivity index (χ1n) is 9.00. The van der Waals surface area contributed by atoms with E-state index in [1.165, 1.54) is 16.0 Å². The number of aliphatic imine (C=N–C) groups is 1. The zero-order chi connectivity index (χ0) is 17.9. The maximum absolute atomic E-state index is 5.68. The number of nitrogens with zero attached hydrogens (tertiary/aromatic N) is 1. The monoisotopic (exact) mass is 493 g/mol. The summed E-state index contributed by atoms with van der Waals surface area (Å²) < 4.78 is 11.2. The summed E-state index contributed by atoms with van der Waals surface area (Å²) in [7, 11) is 1.80.